The fourth-order valence-electron chi connectivity index (χ4n) is 1.22. The highest BCUT2D eigenvalue weighted by Crippen LogP contribution is 2.26. The number of hydrogen-bond donors (Lipinski definition) is 2. The maximum Gasteiger partial charge on any atom is 0.397 e. The molecule has 1 heterocycles. The lowest BCUT2D eigenvalue weighted by Crippen LogP contribution is -2.25. The Hall–Kier alpha value is -1.38. The van der Waals surface area contributed by atoms with Gasteiger partial charge in [0, 0.05) is 11.4 Å². The quantitative estimate of drug-likeness (QED) is 0.586. The minimum atomic E-state index is 0.187. The van der Waals surface area contributed by atoms with Crippen molar-refractivity contribution in [2.45, 2.75) is 0 Å². The summed E-state index contributed by atoms with van der Waals surface area (Å²) in [5.41, 5.74) is 2.30. The summed E-state index contributed by atoms with van der Waals surface area (Å²) >= 11 is 0. The molecule has 0 radical (unpaired) electrons. The van der Waals surface area contributed by atoms with Gasteiger partial charge in [0.05, 0.1) is 0 Å². The highest BCUT2D eigenvalue weighted by molar-refractivity contribution is 6.73. The Morgan fingerprint density at radius 3 is 2.18 bits per heavy atom. The summed E-state index contributed by atoms with van der Waals surface area (Å²) in [5.74, 6) is 1.85. The first-order valence-electron chi connectivity index (χ1n) is 3.65. The Kier molecular flexibility index (Phi) is 1.35. The molecule has 0 saturated carbocycles. The van der Waals surface area contributed by atoms with Gasteiger partial charge in [-0.15, -0.1) is 6.58 Å². The van der Waals surface area contributed by atoms with Crippen molar-refractivity contribution >= 4 is 18.4 Å². The van der Waals surface area contributed by atoms with Gasteiger partial charge in [-0.25, -0.2) is 0 Å². The van der Waals surface area contributed by atoms with Crippen molar-refractivity contribution in [1.82, 2.24) is 0 Å². The number of para-hydroxylation sites is 2. The summed E-state index contributed by atoms with van der Waals surface area (Å²) in [4.78, 5) is 0. The first kappa shape index (κ1) is 6.34. The van der Waals surface area contributed by atoms with Crippen LogP contribution in [0.15, 0.2) is 36.8 Å². The Morgan fingerprint density at radius 1 is 1.18 bits per heavy atom. The zero-order valence-electron chi connectivity index (χ0n) is 6.17. The second kappa shape index (κ2) is 2.34. The maximum absolute atomic E-state index is 3.70. The second-order valence-electron chi connectivity index (χ2n) is 2.55. The molecule has 2 N–H and O–H groups in total. The zero-order chi connectivity index (χ0) is 7.68. The van der Waals surface area contributed by atoms with E-state index >= 15 is 0 Å². The van der Waals surface area contributed by atoms with Gasteiger partial charge in [0.25, 0.3) is 0 Å². The van der Waals surface area contributed by atoms with E-state index in [9.17, 15) is 0 Å². The van der Waals surface area contributed by atoms with Crippen LogP contribution in [0.1, 0.15) is 0 Å². The van der Waals surface area contributed by atoms with Gasteiger partial charge in [-0.2, -0.15) is 0 Å². The van der Waals surface area contributed by atoms with Crippen molar-refractivity contribution < 1.29 is 0 Å². The van der Waals surface area contributed by atoms with Crippen LogP contribution >= 0.6 is 0 Å². The molecule has 1 aliphatic rings. The Morgan fingerprint density at radius 2 is 1.73 bits per heavy atom. The number of benzene rings is 1. The van der Waals surface area contributed by atoms with Crippen LogP contribution in [0, 0.1) is 0 Å². The van der Waals surface area contributed by atoms with Gasteiger partial charge in [-0.1, -0.05) is 18.1 Å². The molecule has 0 fully saturated rings. The lowest BCUT2D eigenvalue weighted by molar-refractivity contribution is 1.70. The molecule has 0 aromatic heterocycles. The van der Waals surface area contributed by atoms with E-state index in [1.165, 1.54) is 0 Å². The van der Waals surface area contributed by atoms with Crippen molar-refractivity contribution in [3.8, 4) is 0 Å². The second-order valence-corrected chi connectivity index (χ2v) is 2.55. The summed E-state index contributed by atoms with van der Waals surface area (Å²) < 4.78 is 0. The fraction of sp³-hybridized carbons (Fsp3) is 0. The van der Waals surface area contributed by atoms with E-state index in [1.54, 1.807) is 0 Å². The molecule has 1 aromatic carbocycles. The molecular formula is C8H9BN2. The summed E-state index contributed by atoms with van der Waals surface area (Å²) in [6.45, 7) is 3.89. The van der Waals surface area contributed by atoms with Crippen LogP contribution in [-0.4, -0.2) is 6.98 Å². The molecule has 0 unspecified atom stereocenters. The summed E-state index contributed by atoms with van der Waals surface area (Å²) in [5, 5.41) is 6.51. The average Bonchev–Trinajstić information content (AvgIpc) is 2.46. The lowest BCUT2D eigenvalue weighted by Gasteiger charge is -1.96. The Labute approximate surface area is 66.4 Å². The summed E-state index contributed by atoms with van der Waals surface area (Å²) in [7, 11) is 0. The predicted molar refractivity (Wildman–Crippen MR) is 49.6 cm³/mol. The van der Waals surface area contributed by atoms with Crippen LogP contribution < -0.4 is 10.5 Å². The molecule has 54 valence electrons. The molecule has 0 aliphatic carbocycles. The number of nitrogens with one attached hydrogen (secondary N) is 2. The number of rotatable bonds is 1. The van der Waals surface area contributed by atoms with Gasteiger partial charge in [0.2, 0.25) is 0 Å². The molecule has 1 aliphatic heterocycles. The number of fused-ring (bicyclic) bond motifs is 1. The van der Waals surface area contributed by atoms with Gasteiger partial charge in [0.15, 0.2) is 0 Å². The summed E-state index contributed by atoms with van der Waals surface area (Å²) in [6.07, 6.45) is 0. The van der Waals surface area contributed by atoms with Gasteiger partial charge in [-0.05, 0) is 12.1 Å². The molecule has 2 rings (SSSR count). The average molecular weight is 144 g/mol. The van der Waals surface area contributed by atoms with Crippen LogP contribution in [0.3, 0.4) is 0 Å². The lowest BCUT2D eigenvalue weighted by atomic mass is 9.79. The van der Waals surface area contributed by atoms with E-state index in [0.29, 0.717) is 0 Å². The molecule has 0 bridgehead atoms. The highest BCUT2D eigenvalue weighted by atomic mass is 15.0. The topological polar surface area (TPSA) is 24.1 Å². The first-order valence-corrected chi connectivity index (χ1v) is 3.65. The van der Waals surface area contributed by atoms with Crippen molar-refractivity contribution in [2.75, 3.05) is 10.5 Å². The van der Waals surface area contributed by atoms with Crippen LogP contribution in [-0.2, 0) is 0 Å². The monoisotopic (exact) mass is 144 g/mol. The number of hydrogen-bond acceptors (Lipinski definition) is 2. The SMILES string of the molecule is C=CB1Nc2ccccc2N1. The van der Waals surface area contributed by atoms with Gasteiger partial charge in [-0.3, -0.25) is 0 Å². The normalized spacial score (nSPS) is 13.3. The molecule has 0 atom stereocenters. The minimum absolute atomic E-state index is 0.187. The summed E-state index contributed by atoms with van der Waals surface area (Å²) in [6, 6.07) is 8.12. The third-order valence-electron chi connectivity index (χ3n) is 1.78. The van der Waals surface area contributed by atoms with E-state index in [0.717, 1.165) is 11.4 Å². The molecule has 0 saturated heterocycles. The molecule has 3 heteroatoms. The van der Waals surface area contributed by atoms with Crippen molar-refractivity contribution in [3.05, 3.63) is 36.8 Å². The zero-order valence-corrected chi connectivity index (χ0v) is 6.17. The van der Waals surface area contributed by atoms with E-state index in [-0.39, 0.29) is 6.98 Å². The minimum Gasteiger partial charge on any atom is -0.404 e. The molecule has 2 nitrogen and oxygen atoms in total. The van der Waals surface area contributed by atoms with Crippen molar-refractivity contribution in [2.24, 2.45) is 0 Å². The molecule has 11 heavy (non-hydrogen) atoms. The molecular weight excluding hydrogens is 135 g/mol. The van der Waals surface area contributed by atoms with Crippen LogP contribution in [0.4, 0.5) is 11.4 Å². The highest BCUT2D eigenvalue weighted by Gasteiger charge is 2.19. The third-order valence-corrected chi connectivity index (χ3v) is 1.78. The van der Waals surface area contributed by atoms with E-state index in [4.69, 9.17) is 0 Å². The van der Waals surface area contributed by atoms with E-state index < -0.39 is 0 Å². The van der Waals surface area contributed by atoms with E-state index in [1.807, 2.05) is 30.2 Å². The van der Waals surface area contributed by atoms with Crippen molar-refractivity contribution in [3.63, 3.8) is 0 Å². The van der Waals surface area contributed by atoms with Gasteiger partial charge in [0.1, 0.15) is 0 Å². The first-order chi connectivity index (χ1) is 5.40. The molecule has 0 amide bonds. The largest absolute Gasteiger partial charge is 0.404 e. The van der Waals surface area contributed by atoms with Gasteiger partial charge >= 0.3 is 6.98 Å². The number of anilines is 2. The van der Waals surface area contributed by atoms with Crippen molar-refractivity contribution in [1.29, 1.82) is 0 Å². The van der Waals surface area contributed by atoms with E-state index in [2.05, 4.69) is 17.0 Å². The standard InChI is InChI=1S/C8H9BN2/c1-2-9-10-7-5-3-4-6-8(7)11-9/h2-6,10-11H,1H2. The van der Waals surface area contributed by atoms with Crippen LogP contribution in [0.2, 0.25) is 0 Å². The molecule has 1 aromatic rings. The third kappa shape index (κ3) is 0.983. The van der Waals surface area contributed by atoms with Crippen LogP contribution in [0.5, 0.6) is 0 Å². The Bertz CT molecular complexity index is 260. The smallest absolute Gasteiger partial charge is 0.397 e. The Balaban J connectivity index is 2.33. The van der Waals surface area contributed by atoms with Crippen LogP contribution in [0.25, 0.3) is 0 Å². The predicted octanol–water partition coefficient (Wildman–Crippen LogP) is 1.74. The van der Waals surface area contributed by atoms with Gasteiger partial charge < -0.3 is 10.5 Å². The maximum atomic E-state index is 3.70. The molecule has 0 spiro atoms. The fourth-order valence-corrected chi connectivity index (χ4v) is 1.22.